The van der Waals surface area contributed by atoms with Gasteiger partial charge in [0.1, 0.15) is 0 Å². The molecule has 2 N–H and O–H groups in total. The summed E-state index contributed by atoms with van der Waals surface area (Å²) in [5.74, 6) is 0.925. The maximum absolute atomic E-state index is 6.01. The van der Waals surface area contributed by atoms with E-state index in [4.69, 9.17) is 5.73 Å². The summed E-state index contributed by atoms with van der Waals surface area (Å²) < 4.78 is 0. The van der Waals surface area contributed by atoms with Gasteiger partial charge in [0.15, 0.2) is 0 Å². The lowest BCUT2D eigenvalue weighted by Crippen LogP contribution is -2.46. The number of nitrogens with two attached hydrogens (primary N) is 1. The normalized spacial score (nSPS) is 27.9. The lowest BCUT2D eigenvalue weighted by atomic mass is 9.78. The largest absolute Gasteiger partial charge is 0.399 e. The van der Waals surface area contributed by atoms with E-state index in [0.29, 0.717) is 0 Å². The molecule has 1 aliphatic carbocycles. The molecule has 0 aromatic heterocycles. The fourth-order valence-electron chi connectivity index (χ4n) is 3.90. The maximum atomic E-state index is 6.01. The van der Waals surface area contributed by atoms with E-state index in [0.717, 1.165) is 17.6 Å². The minimum atomic E-state index is 0.772. The Kier molecular flexibility index (Phi) is 3.19. The zero-order chi connectivity index (χ0) is 12.5. The van der Waals surface area contributed by atoms with Gasteiger partial charge in [-0.25, -0.2) is 0 Å². The van der Waals surface area contributed by atoms with E-state index in [1.54, 1.807) is 0 Å². The molecule has 2 fully saturated rings. The zero-order valence-electron chi connectivity index (χ0n) is 11.4. The van der Waals surface area contributed by atoms with E-state index in [9.17, 15) is 0 Å². The molecule has 0 amide bonds. The monoisotopic (exact) mass is 244 g/mol. The van der Waals surface area contributed by atoms with Crippen molar-refractivity contribution in [1.29, 1.82) is 0 Å². The van der Waals surface area contributed by atoms with Crippen molar-refractivity contribution in [3.05, 3.63) is 23.8 Å². The van der Waals surface area contributed by atoms with Crippen molar-refractivity contribution in [3.63, 3.8) is 0 Å². The van der Waals surface area contributed by atoms with Gasteiger partial charge >= 0.3 is 0 Å². The highest BCUT2D eigenvalue weighted by molar-refractivity contribution is 5.59. The number of aryl methyl sites for hydroxylation is 1. The first kappa shape index (κ1) is 11.9. The van der Waals surface area contributed by atoms with Crippen molar-refractivity contribution in [2.24, 2.45) is 5.92 Å². The van der Waals surface area contributed by atoms with Crippen LogP contribution in [0, 0.1) is 12.8 Å². The van der Waals surface area contributed by atoms with Gasteiger partial charge in [-0.3, -0.25) is 0 Å². The Labute approximate surface area is 110 Å². The topological polar surface area (TPSA) is 29.3 Å². The van der Waals surface area contributed by atoms with E-state index in [2.05, 4.69) is 30.0 Å². The molecule has 0 radical (unpaired) electrons. The molecule has 1 aliphatic heterocycles. The highest BCUT2D eigenvalue weighted by Gasteiger charge is 2.33. The van der Waals surface area contributed by atoms with Gasteiger partial charge in [0.05, 0.1) is 0 Å². The fourth-order valence-corrected chi connectivity index (χ4v) is 3.90. The average Bonchev–Trinajstić information content (AvgIpc) is 2.37. The first-order chi connectivity index (χ1) is 8.74. The summed E-state index contributed by atoms with van der Waals surface area (Å²) in [6, 6.07) is 7.29. The SMILES string of the molecule is Cc1cc(N)cc(N2CCC[C@H]3CCCC[C@H]32)c1. The lowest BCUT2D eigenvalue weighted by Gasteiger charge is -2.45. The number of nitrogens with zero attached hydrogens (tertiary/aromatic N) is 1. The third-order valence-electron chi connectivity index (χ3n) is 4.66. The lowest BCUT2D eigenvalue weighted by molar-refractivity contribution is 0.244. The van der Waals surface area contributed by atoms with Gasteiger partial charge in [-0.05, 0) is 62.3 Å². The van der Waals surface area contributed by atoms with Gasteiger partial charge in [0.25, 0.3) is 0 Å². The molecule has 2 atom stereocenters. The van der Waals surface area contributed by atoms with Crippen molar-refractivity contribution in [3.8, 4) is 0 Å². The minimum Gasteiger partial charge on any atom is -0.399 e. The van der Waals surface area contributed by atoms with Crippen molar-refractivity contribution in [2.45, 2.75) is 51.5 Å². The Bertz CT molecular complexity index is 405. The second-order valence-electron chi connectivity index (χ2n) is 6.05. The standard InChI is InChI=1S/C16H24N2/c1-12-9-14(17)11-15(10-12)18-8-4-6-13-5-2-3-7-16(13)18/h9-11,13,16H,2-8,17H2,1H3/t13-,16-/m1/s1. The Morgan fingerprint density at radius 1 is 1.06 bits per heavy atom. The first-order valence-electron chi connectivity index (χ1n) is 7.38. The molecular formula is C16H24N2. The summed E-state index contributed by atoms with van der Waals surface area (Å²) in [7, 11) is 0. The van der Waals surface area contributed by atoms with E-state index in [1.807, 2.05) is 0 Å². The Morgan fingerprint density at radius 2 is 1.83 bits per heavy atom. The van der Waals surface area contributed by atoms with Crippen LogP contribution in [-0.4, -0.2) is 12.6 Å². The van der Waals surface area contributed by atoms with Crippen LogP contribution in [0.4, 0.5) is 11.4 Å². The smallest absolute Gasteiger partial charge is 0.0392 e. The summed E-state index contributed by atoms with van der Waals surface area (Å²) in [6.07, 6.45) is 8.42. The predicted octanol–water partition coefficient (Wildman–Crippen LogP) is 3.74. The molecule has 2 nitrogen and oxygen atoms in total. The molecule has 2 aliphatic rings. The van der Waals surface area contributed by atoms with Crippen molar-refractivity contribution in [1.82, 2.24) is 0 Å². The second-order valence-corrected chi connectivity index (χ2v) is 6.05. The molecule has 2 heteroatoms. The van der Waals surface area contributed by atoms with Crippen LogP contribution in [0.25, 0.3) is 0 Å². The van der Waals surface area contributed by atoms with Gasteiger partial charge in [-0.1, -0.05) is 12.8 Å². The summed E-state index contributed by atoms with van der Waals surface area (Å²) in [5, 5.41) is 0. The molecule has 1 heterocycles. The third kappa shape index (κ3) is 2.21. The second kappa shape index (κ2) is 4.83. The van der Waals surface area contributed by atoms with E-state index >= 15 is 0 Å². The number of anilines is 2. The van der Waals surface area contributed by atoms with Crippen LogP contribution >= 0.6 is 0 Å². The van der Waals surface area contributed by atoms with Gasteiger partial charge in [0, 0.05) is 24.0 Å². The number of hydrogen-bond donors (Lipinski definition) is 1. The van der Waals surface area contributed by atoms with Crippen LogP contribution in [-0.2, 0) is 0 Å². The quantitative estimate of drug-likeness (QED) is 0.763. The van der Waals surface area contributed by atoms with Crippen molar-refractivity contribution >= 4 is 11.4 Å². The number of rotatable bonds is 1. The zero-order valence-corrected chi connectivity index (χ0v) is 11.4. The molecule has 1 aromatic rings. The summed E-state index contributed by atoms with van der Waals surface area (Å²) in [4.78, 5) is 2.64. The summed E-state index contributed by atoms with van der Waals surface area (Å²) >= 11 is 0. The molecule has 0 unspecified atom stereocenters. The van der Waals surface area contributed by atoms with Gasteiger partial charge in [-0.2, -0.15) is 0 Å². The highest BCUT2D eigenvalue weighted by Crippen LogP contribution is 2.38. The fraction of sp³-hybridized carbons (Fsp3) is 0.625. The molecule has 1 saturated heterocycles. The molecule has 3 rings (SSSR count). The first-order valence-corrected chi connectivity index (χ1v) is 7.38. The predicted molar refractivity (Wildman–Crippen MR) is 77.9 cm³/mol. The minimum absolute atomic E-state index is 0.772. The summed E-state index contributed by atoms with van der Waals surface area (Å²) in [5.41, 5.74) is 9.54. The molecule has 1 aromatic carbocycles. The van der Waals surface area contributed by atoms with Crippen LogP contribution in [0.2, 0.25) is 0 Å². The van der Waals surface area contributed by atoms with Crippen LogP contribution in [0.5, 0.6) is 0 Å². The number of piperidine rings is 1. The van der Waals surface area contributed by atoms with Crippen molar-refractivity contribution in [2.75, 3.05) is 17.2 Å². The third-order valence-corrected chi connectivity index (χ3v) is 4.66. The average molecular weight is 244 g/mol. The molecule has 0 bridgehead atoms. The molecule has 18 heavy (non-hydrogen) atoms. The van der Waals surface area contributed by atoms with E-state index < -0.39 is 0 Å². The van der Waals surface area contributed by atoms with Gasteiger partial charge in [0.2, 0.25) is 0 Å². The Morgan fingerprint density at radius 3 is 2.67 bits per heavy atom. The van der Waals surface area contributed by atoms with Gasteiger partial charge in [-0.15, -0.1) is 0 Å². The van der Waals surface area contributed by atoms with Crippen LogP contribution in [0.15, 0.2) is 18.2 Å². The van der Waals surface area contributed by atoms with Crippen LogP contribution < -0.4 is 10.6 Å². The molecule has 0 spiro atoms. The molecular weight excluding hydrogens is 220 g/mol. The number of hydrogen-bond acceptors (Lipinski definition) is 2. The Hall–Kier alpha value is -1.18. The molecule has 98 valence electrons. The number of benzene rings is 1. The van der Waals surface area contributed by atoms with Crippen LogP contribution in [0.3, 0.4) is 0 Å². The van der Waals surface area contributed by atoms with E-state index in [-0.39, 0.29) is 0 Å². The van der Waals surface area contributed by atoms with Crippen LogP contribution in [0.1, 0.15) is 44.1 Å². The number of nitrogen functional groups attached to an aromatic ring is 1. The Balaban J connectivity index is 1.89. The highest BCUT2D eigenvalue weighted by atomic mass is 15.2. The van der Waals surface area contributed by atoms with Crippen molar-refractivity contribution < 1.29 is 0 Å². The maximum Gasteiger partial charge on any atom is 0.0392 e. The molecule has 1 saturated carbocycles. The number of fused-ring (bicyclic) bond motifs is 1. The van der Waals surface area contributed by atoms with Gasteiger partial charge < -0.3 is 10.6 Å². The van der Waals surface area contributed by atoms with E-state index in [1.165, 1.54) is 56.3 Å². The summed E-state index contributed by atoms with van der Waals surface area (Å²) in [6.45, 7) is 3.35.